The maximum atomic E-state index is 9.01. The number of benzene rings is 1. The monoisotopic (exact) mass is 325 g/mol. The van der Waals surface area contributed by atoms with Crippen molar-refractivity contribution in [3.63, 3.8) is 0 Å². The van der Waals surface area contributed by atoms with E-state index in [1.165, 1.54) is 30.3 Å². The zero-order valence-electron chi connectivity index (χ0n) is 12.5. The van der Waals surface area contributed by atoms with Crippen LogP contribution in [0.4, 0.5) is 5.69 Å². The number of piperidine rings is 1. The lowest BCUT2D eigenvalue weighted by atomic mass is 9.93. The fraction of sp³-hybridized carbons (Fsp3) is 0.562. The SMILES string of the molecule is CCOC(=S)Sc1ccc(N2CCC(CCO)CC2)cc1. The van der Waals surface area contributed by atoms with Gasteiger partial charge in [-0.3, -0.25) is 0 Å². The first-order chi connectivity index (χ1) is 10.2. The number of aliphatic hydroxyl groups is 1. The van der Waals surface area contributed by atoms with Crippen molar-refractivity contribution in [1.29, 1.82) is 0 Å². The summed E-state index contributed by atoms with van der Waals surface area (Å²) in [6, 6.07) is 8.52. The number of nitrogens with zero attached hydrogens (tertiary/aromatic N) is 1. The van der Waals surface area contributed by atoms with E-state index in [0.717, 1.165) is 24.4 Å². The Morgan fingerprint density at radius 1 is 1.33 bits per heavy atom. The average molecular weight is 325 g/mol. The van der Waals surface area contributed by atoms with E-state index in [0.29, 0.717) is 23.5 Å². The summed E-state index contributed by atoms with van der Waals surface area (Å²) in [7, 11) is 0. The maximum absolute atomic E-state index is 9.01. The molecule has 0 aliphatic carbocycles. The van der Waals surface area contributed by atoms with Crippen molar-refractivity contribution in [1.82, 2.24) is 0 Å². The molecule has 3 nitrogen and oxygen atoms in total. The summed E-state index contributed by atoms with van der Waals surface area (Å²) in [5, 5.41) is 9.01. The maximum Gasteiger partial charge on any atom is 0.224 e. The van der Waals surface area contributed by atoms with Crippen LogP contribution in [0.25, 0.3) is 0 Å². The molecule has 0 aromatic heterocycles. The Bertz CT molecular complexity index is 442. The standard InChI is InChI=1S/C16H23NO2S2/c1-2-19-16(20)21-15-5-3-14(4-6-15)17-10-7-13(8-11-17)9-12-18/h3-6,13,18H,2,7-12H2,1H3. The van der Waals surface area contributed by atoms with Gasteiger partial charge in [-0.15, -0.1) is 0 Å². The van der Waals surface area contributed by atoms with Crippen molar-refractivity contribution < 1.29 is 9.84 Å². The lowest BCUT2D eigenvalue weighted by molar-refractivity contribution is 0.240. The molecule has 1 N–H and O–H groups in total. The van der Waals surface area contributed by atoms with Gasteiger partial charge in [-0.1, -0.05) is 0 Å². The van der Waals surface area contributed by atoms with E-state index in [1.807, 2.05) is 6.92 Å². The molecule has 1 aromatic rings. The summed E-state index contributed by atoms with van der Waals surface area (Å²) in [5.74, 6) is 0.685. The van der Waals surface area contributed by atoms with Gasteiger partial charge in [-0.25, -0.2) is 0 Å². The molecule has 2 rings (SSSR count). The largest absolute Gasteiger partial charge is 0.479 e. The van der Waals surface area contributed by atoms with Crippen molar-refractivity contribution in [2.45, 2.75) is 31.1 Å². The highest BCUT2D eigenvalue weighted by Crippen LogP contribution is 2.28. The van der Waals surface area contributed by atoms with Gasteiger partial charge in [0, 0.05) is 30.3 Å². The predicted octanol–water partition coefficient (Wildman–Crippen LogP) is 3.70. The van der Waals surface area contributed by atoms with Crippen LogP contribution >= 0.6 is 24.0 Å². The third-order valence-corrected chi connectivity index (χ3v) is 4.98. The highest BCUT2D eigenvalue weighted by molar-refractivity contribution is 8.22. The van der Waals surface area contributed by atoms with Gasteiger partial charge in [0.2, 0.25) is 4.38 Å². The molecule has 0 amide bonds. The van der Waals surface area contributed by atoms with Crippen molar-refractivity contribution in [2.75, 3.05) is 31.2 Å². The third-order valence-electron chi connectivity index (χ3n) is 3.82. The van der Waals surface area contributed by atoms with Gasteiger partial charge in [0.1, 0.15) is 0 Å². The molecular weight excluding hydrogens is 302 g/mol. The van der Waals surface area contributed by atoms with E-state index in [-0.39, 0.29) is 0 Å². The van der Waals surface area contributed by atoms with Gasteiger partial charge in [-0.2, -0.15) is 0 Å². The van der Waals surface area contributed by atoms with E-state index >= 15 is 0 Å². The molecule has 1 aromatic carbocycles. The second-order valence-corrected chi connectivity index (χ2v) is 6.90. The molecule has 1 aliphatic heterocycles. The summed E-state index contributed by atoms with van der Waals surface area (Å²) >= 11 is 6.63. The van der Waals surface area contributed by atoms with E-state index < -0.39 is 0 Å². The highest BCUT2D eigenvalue weighted by atomic mass is 32.2. The molecule has 5 heteroatoms. The number of anilines is 1. The molecule has 1 aliphatic rings. The van der Waals surface area contributed by atoms with Crippen molar-refractivity contribution in [3.8, 4) is 0 Å². The number of aliphatic hydroxyl groups excluding tert-OH is 1. The number of ether oxygens (including phenoxy) is 1. The Balaban J connectivity index is 1.86. The van der Waals surface area contributed by atoms with Gasteiger partial charge in [0.15, 0.2) is 0 Å². The smallest absolute Gasteiger partial charge is 0.224 e. The Morgan fingerprint density at radius 2 is 2.00 bits per heavy atom. The molecule has 1 heterocycles. The van der Waals surface area contributed by atoms with Crippen molar-refractivity contribution >= 4 is 34.0 Å². The molecule has 0 unspecified atom stereocenters. The number of hydrogen-bond acceptors (Lipinski definition) is 5. The summed E-state index contributed by atoms with van der Waals surface area (Å²) in [4.78, 5) is 3.54. The van der Waals surface area contributed by atoms with E-state index in [1.54, 1.807) is 0 Å². The molecule has 1 saturated heterocycles. The summed E-state index contributed by atoms with van der Waals surface area (Å²) in [6.07, 6.45) is 3.29. The minimum absolute atomic E-state index is 0.316. The zero-order chi connectivity index (χ0) is 15.1. The minimum Gasteiger partial charge on any atom is -0.479 e. The number of rotatable bonds is 5. The van der Waals surface area contributed by atoms with Crippen LogP contribution in [-0.4, -0.2) is 35.8 Å². The second-order valence-electron chi connectivity index (χ2n) is 5.22. The first kappa shape index (κ1) is 16.6. The lowest BCUT2D eigenvalue weighted by Crippen LogP contribution is -2.33. The Labute approximate surface area is 136 Å². The van der Waals surface area contributed by atoms with E-state index in [9.17, 15) is 0 Å². The van der Waals surface area contributed by atoms with Crippen molar-refractivity contribution in [2.24, 2.45) is 5.92 Å². The van der Waals surface area contributed by atoms with Crippen LogP contribution in [0.3, 0.4) is 0 Å². The van der Waals surface area contributed by atoms with Crippen LogP contribution in [0.15, 0.2) is 29.2 Å². The summed E-state index contributed by atoms with van der Waals surface area (Å²) in [5.41, 5.74) is 1.27. The Hall–Kier alpha value is -0.780. The average Bonchev–Trinajstić information content (AvgIpc) is 2.49. The molecule has 116 valence electrons. The minimum atomic E-state index is 0.316. The normalized spacial score (nSPS) is 16.0. The predicted molar refractivity (Wildman–Crippen MR) is 93.2 cm³/mol. The van der Waals surface area contributed by atoms with Gasteiger partial charge >= 0.3 is 0 Å². The highest BCUT2D eigenvalue weighted by Gasteiger charge is 2.18. The third kappa shape index (κ3) is 5.16. The number of thiocarbonyl (C=S) groups is 1. The van der Waals surface area contributed by atoms with E-state index in [2.05, 4.69) is 29.2 Å². The molecule has 1 fully saturated rings. The van der Waals surface area contributed by atoms with Gasteiger partial charge < -0.3 is 14.7 Å². The molecular formula is C16H23NO2S2. The van der Waals surface area contributed by atoms with Gasteiger partial charge in [0.25, 0.3) is 0 Å². The van der Waals surface area contributed by atoms with Gasteiger partial charge in [-0.05, 0) is 80.3 Å². The van der Waals surface area contributed by atoms with Crippen LogP contribution < -0.4 is 4.90 Å². The fourth-order valence-electron chi connectivity index (χ4n) is 2.63. The number of hydrogen-bond donors (Lipinski definition) is 1. The van der Waals surface area contributed by atoms with E-state index in [4.69, 9.17) is 22.1 Å². The molecule has 21 heavy (non-hydrogen) atoms. The van der Waals surface area contributed by atoms with Crippen LogP contribution in [0, 0.1) is 5.92 Å². The number of thioether (sulfide) groups is 1. The quantitative estimate of drug-likeness (QED) is 0.659. The molecule has 0 spiro atoms. The molecule has 0 radical (unpaired) electrons. The molecule has 0 atom stereocenters. The van der Waals surface area contributed by atoms with Crippen LogP contribution in [-0.2, 0) is 4.74 Å². The first-order valence-electron chi connectivity index (χ1n) is 7.53. The summed E-state index contributed by atoms with van der Waals surface area (Å²) in [6.45, 7) is 5.03. The zero-order valence-corrected chi connectivity index (χ0v) is 14.1. The Kier molecular flexibility index (Phi) is 6.80. The summed E-state index contributed by atoms with van der Waals surface area (Å²) < 4.78 is 5.87. The topological polar surface area (TPSA) is 32.7 Å². The van der Waals surface area contributed by atoms with Crippen LogP contribution in [0.1, 0.15) is 26.2 Å². The van der Waals surface area contributed by atoms with Crippen LogP contribution in [0.2, 0.25) is 0 Å². The lowest BCUT2D eigenvalue weighted by Gasteiger charge is -2.33. The first-order valence-corrected chi connectivity index (χ1v) is 8.76. The fourth-order valence-corrected chi connectivity index (χ4v) is 3.68. The molecule has 0 bridgehead atoms. The van der Waals surface area contributed by atoms with Crippen LogP contribution in [0.5, 0.6) is 0 Å². The second kappa shape index (κ2) is 8.61. The Morgan fingerprint density at radius 3 is 2.57 bits per heavy atom. The van der Waals surface area contributed by atoms with Gasteiger partial charge in [0.05, 0.1) is 6.61 Å². The van der Waals surface area contributed by atoms with Crippen molar-refractivity contribution in [3.05, 3.63) is 24.3 Å². The molecule has 0 saturated carbocycles.